The van der Waals surface area contributed by atoms with E-state index in [1.807, 2.05) is 46.8 Å². The van der Waals surface area contributed by atoms with E-state index in [0.29, 0.717) is 19.7 Å². The molecule has 0 radical (unpaired) electrons. The summed E-state index contributed by atoms with van der Waals surface area (Å²) in [5.41, 5.74) is 2.32. The van der Waals surface area contributed by atoms with E-state index in [1.54, 1.807) is 11.9 Å². The van der Waals surface area contributed by atoms with Crippen LogP contribution in [0.25, 0.3) is 0 Å². The highest BCUT2D eigenvalue weighted by Gasteiger charge is 2.14. The number of amides is 1. The van der Waals surface area contributed by atoms with Crippen molar-refractivity contribution in [2.75, 3.05) is 26.7 Å². The molecule has 1 amide bonds. The Morgan fingerprint density at radius 3 is 2.29 bits per heavy atom. The van der Waals surface area contributed by atoms with Crippen LogP contribution in [0.1, 0.15) is 31.9 Å². The van der Waals surface area contributed by atoms with Crippen LogP contribution in [0.5, 0.6) is 5.75 Å². The number of nitrogens with one attached hydrogen (secondary N) is 1. The third-order valence-corrected chi connectivity index (χ3v) is 3.09. The highest BCUT2D eigenvalue weighted by molar-refractivity contribution is 5.78. The van der Waals surface area contributed by atoms with Crippen molar-refractivity contribution in [2.45, 2.75) is 40.2 Å². The smallest absolute Gasteiger partial charge is 0.236 e. The van der Waals surface area contributed by atoms with Gasteiger partial charge in [-0.05, 0) is 57.9 Å². The maximum absolute atomic E-state index is 11.9. The Balaban J connectivity index is 2.36. The van der Waals surface area contributed by atoms with Gasteiger partial charge in [0, 0.05) is 12.6 Å². The minimum atomic E-state index is -0.0495. The summed E-state index contributed by atoms with van der Waals surface area (Å²) < 4.78 is 5.72. The van der Waals surface area contributed by atoms with Crippen molar-refractivity contribution >= 4 is 5.91 Å². The molecule has 0 saturated carbocycles. The van der Waals surface area contributed by atoms with Gasteiger partial charge in [0.15, 0.2) is 0 Å². The van der Waals surface area contributed by atoms with Crippen LogP contribution in [-0.2, 0) is 4.79 Å². The van der Waals surface area contributed by atoms with Gasteiger partial charge < -0.3 is 15.0 Å². The summed E-state index contributed by atoms with van der Waals surface area (Å²) >= 11 is 0. The van der Waals surface area contributed by atoms with E-state index in [9.17, 15) is 4.79 Å². The normalized spacial score (nSPS) is 11.3. The van der Waals surface area contributed by atoms with E-state index in [0.717, 1.165) is 5.75 Å². The summed E-state index contributed by atoms with van der Waals surface area (Å²) in [5.74, 6) is 0.940. The Morgan fingerprint density at radius 1 is 1.19 bits per heavy atom. The van der Waals surface area contributed by atoms with Crippen LogP contribution in [0.3, 0.4) is 0 Å². The van der Waals surface area contributed by atoms with Gasteiger partial charge in [-0.2, -0.15) is 0 Å². The second kappa shape index (κ2) is 7.46. The molecule has 0 fully saturated rings. The predicted octanol–water partition coefficient (Wildman–Crippen LogP) is 2.53. The lowest BCUT2D eigenvalue weighted by molar-refractivity contribution is -0.129. The number of carbonyl (C=O) groups excluding carboxylic acids is 1. The Labute approximate surface area is 128 Å². The Bertz CT molecular complexity index is 458. The molecule has 0 saturated heterocycles. The zero-order valence-corrected chi connectivity index (χ0v) is 14.1. The van der Waals surface area contributed by atoms with Gasteiger partial charge in [0.05, 0.1) is 13.1 Å². The molecule has 0 aliphatic carbocycles. The van der Waals surface area contributed by atoms with Gasteiger partial charge in [-0.25, -0.2) is 0 Å². The molecular formula is C17H28N2O2. The fourth-order valence-electron chi connectivity index (χ4n) is 1.92. The molecule has 0 unspecified atom stereocenters. The summed E-state index contributed by atoms with van der Waals surface area (Å²) in [4.78, 5) is 13.6. The molecule has 0 aliphatic rings. The molecule has 0 heterocycles. The molecule has 1 N–H and O–H groups in total. The first-order valence-corrected chi connectivity index (χ1v) is 7.37. The molecule has 118 valence electrons. The average molecular weight is 292 g/mol. The maximum Gasteiger partial charge on any atom is 0.236 e. The molecular weight excluding hydrogens is 264 g/mol. The van der Waals surface area contributed by atoms with Crippen molar-refractivity contribution in [1.82, 2.24) is 10.2 Å². The number of aryl methyl sites for hydroxylation is 2. The SMILES string of the molecule is Cc1cc(C)cc(OCCN(C)C(=O)CNC(C)(C)C)c1. The summed E-state index contributed by atoms with van der Waals surface area (Å²) in [6.45, 7) is 11.7. The minimum Gasteiger partial charge on any atom is -0.492 e. The number of ether oxygens (including phenoxy) is 1. The molecule has 21 heavy (non-hydrogen) atoms. The topological polar surface area (TPSA) is 41.6 Å². The predicted molar refractivity (Wildman–Crippen MR) is 86.8 cm³/mol. The van der Waals surface area contributed by atoms with Gasteiger partial charge in [-0.1, -0.05) is 6.07 Å². The lowest BCUT2D eigenvalue weighted by atomic mass is 10.1. The largest absolute Gasteiger partial charge is 0.492 e. The lowest BCUT2D eigenvalue weighted by Crippen LogP contribution is -2.44. The number of hydrogen-bond acceptors (Lipinski definition) is 3. The van der Waals surface area contributed by atoms with E-state index in [1.165, 1.54) is 11.1 Å². The number of hydrogen-bond donors (Lipinski definition) is 1. The standard InChI is InChI=1S/C17H28N2O2/c1-13-9-14(2)11-15(10-13)21-8-7-19(6)16(20)12-18-17(3,4)5/h9-11,18H,7-8,12H2,1-6H3. The number of benzene rings is 1. The van der Waals surface area contributed by atoms with Crippen molar-refractivity contribution in [3.05, 3.63) is 29.3 Å². The van der Waals surface area contributed by atoms with Gasteiger partial charge in [0.1, 0.15) is 12.4 Å². The molecule has 0 spiro atoms. The fraction of sp³-hybridized carbons (Fsp3) is 0.588. The third-order valence-electron chi connectivity index (χ3n) is 3.09. The summed E-state index contributed by atoms with van der Waals surface area (Å²) in [6, 6.07) is 6.13. The number of carbonyl (C=O) groups is 1. The molecule has 1 aromatic carbocycles. The lowest BCUT2D eigenvalue weighted by Gasteiger charge is -2.23. The van der Waals surface area contributed by atoms with E-state index in [4.69, 9.17) is 4.74 Å². The quantitative estimate of drug-likeness (QED) is 0.876. The molecule has 0 atom stereocenters. The van der Waals surface area contributed by atoms with Gasteiger partial charge >= 0.3 is 0 Å². The molecule has 0 aliphatic heterocycles. The Morgan fingerprint density at radius 2 is 1.76 bits per heavy atom. The van der Waals surface area contributed by atoms with E-state index < -0.39 is 0 Å². The second-order valence-electron chi connectivity index (χ2n) is 6.59. The summed E-state index contributed by atoms with van der Waals surface area (Å²) in [6.07, 6.45) is 0. The molecule has 1 aromatic rings. The Kier molecular flexibility index (Phi) is 6.21. The molecule has 1 rings (SSSR count). The number of likely N-dealkylation sites (N-methyl/N-ethyl adjacent to an activating group) is 1. The van der Waals surface area contributed by atoms with Crippen LogP contribution in [-0.4, -0.2) is 43.1 Å². The highest BCUT2D eigenvalue weighted by Crippen LogP contribution is 2.15. The molecule has 0 bridgehead atoms. The van der Waals surface area contributed by atoms with Gasteiger partial charge in [-0.3, -0.25) is 4.79 Å². The molecule has 0 aromatic heterocycles. The van der Waals surface area contributed by atoms with Crippen molar-refractivity contribution in [3.63, 3.8) is 0 Å². The van der Waals surface area contributed by atoms with Crippen molar-refractivity contribution in [2.24, 2.45) is 0 Å². The zero-order valence-electron chi connectivity index (χ0n) is 14.1. The van der Waals surface area contributed by atoms with Crippen LogP contribution in [0.2, 0.25) is 0 Å². The van der Waals surface area contributed by atoms with Crippen LogP contribution >= 0.6 is 0 Å². The monoisotopic (exact) mass is 292 g/mol. The van der Waals surface area contributed by atoms with Gasteiger partial charge in [0.25, 0.3) is 0 Å². The first kappa shape index (κ1) is 17.5. The van der Waals surface area contributed by atoms with Crippen molar-refractivity contribution in [1.29, 1.82) is 0 Å². The van der Waals surface area contributed by atoms with Crippen LogP contribution in [0, 0.1) is 13.8 Å². The van der Waals surface area contributed by atoms with Gasteiger partial charge in [-0.15, -0.1) is 0 Å². The molecule has 4 heteroatoms. The summed E-state index contributed by atoms with van der Waals surface area (Å²) in [5, 5.41) is 3.19. The fourth-order valence-corrected chi connectivity index (χ4v) is 1.92. The van der Waals surface area contributed by atoms with Crippen molar-refractivity contribution in [3.8, 4) is 5.75 Å². The second-order valence-corrected chi connectivity index (χ2v) is 6.59. The van der Waals surface area contributed by atoms with Crippen LogP contribution < -0.4 is 10.1 Å². The Hall–Kier alpha value is -1.55. The van der Waals surface area contributed by atoms with Crippen molar-refractivity contribution < 1.29 is 9.53 Å². The third kappa shape index (κ3) is 7.14. The first-order chi connectivity index (χ1) is 9.67. The first-order valence-electron chi connectivity index (χ1n) is 7.37. The molecule has 4 nitrogen and oxygen atoms in total. The zero-order chi connectivity index (χ0) is 16.0. The maximum atomic E-state index is 11.9. The average Bonchev–Trinajstić information content (AvgIpc) is 2.33. The highest BCUT2D eigenvalue weighted by atomic mass is 16.5. The van der Waals surface area contributed by atoms with E-state index in [2.05, 4.69) is 11.4 Å². The summed E-state index contributed by atoms with van der Waals surface area (Å²) in [7, 11) is 1.80. The number of rotatable bonds is 6. The minimum absolute atomic E-state index is 0.0495. The van der Waals surface area contributed by atoms with E-state index >= 15 is 0 Å². The van der Waals surface area contributed by atoms with E-state index in [-0.39, 0.29) is 11.4 Å². The van der Waals surface area contributed by atoms with Crippen LogP contribution in [0.4, 0.5) is 0 Å². The van der Waals surface area contributed by atoms with Gasteiger partial charge in [0.2, 0.25) is 5.91 Å². The van der Waals surface area contributed by atoms with Crippen LogP contribution in [0.15, 0.2) is 18.2 Å². The number of nitrogens with zero attached hydrogens (tertiary/aromatic N) is 1.